The molecule has 0 heterocycles. The van der Waals surface area contributed by atoms with Crippen LogP contribution >= 0.6 is 0 Å². The van der Waals surface area contributed by atoms with Gasteiger partial charge >= 0.3 is 17.9 Å². The summed E-state index contributed by atoms with van der Waals surface area (Å²) in [5.74, 6) is 1.51. The lowest BCUT2D eigenvalue weighted by Gasteiger charge is -2.18. The molecular formula is C45H86O6. The van der Waals surface area contributed by atoms with Crippen LogP contribution in [-0.2, 0) is 28.6 Å². The monoisotopic (exact) mass is 723 g/mol. The molecule has 6 nitrogen and oxygen atoms in total. The molecule has 0 rings (SSSR count). The van der Waals surface area contributed by atoms with E-state index in [1.54, 1.807) is 0 Å². The van der Waals surface area contributed by atoms with Gasteiger partial charge in [0.2, 0.25) is 0 Å². The molecule has 0 aliphatic carbocycles. The predicted molar refractivity (Wildman–Crippen MR) is 215 cm³/mol. The average Bonchev–Trinajstić information content (AvgIpc) is 3.07. The van der Waals surface area contributed by atoms with Crippen LogP contribution in [0.1, 0.15) is 234 Å². The van der Waals surface area contributed by atoms with E-state index in [2.05, 4.69) is 41.5 Å². The topological polar surface area (TPSA) is 78.9 Å². The summed E-state index contributed by atoms with van der Waals surface area (Å²) in [4.78, 5) is 37.6. The maximum Gasteiger partial charge on any atom is 0.306 e. The van der Waals surface area contributed by atoms with E-state index < -0.39 is 6.10 Å². The Morgan fingerprint density at radius 2 is 0.569 bits per heavy atom. The molecule has 0 saturated carbocycles. The number of ether oxygens (including phenoxy) is 3. The van der Waals surface area contributed by atoms with Crippen LogP contribution in [0.15, 0.2) is 0 Å². The molecule has 0 saturated heterocycles. The quantitative estimate of drug-likeness (QED) is 0.0359. The van der Waals surface area contributed by atoms with Crippen LogP contribution in [0.4, 0.5) is 0 Å². The van der Waals surface area contributed by atoms with Gasteiger partial charge in [-0.25, -0.2) is 0 Å². The number of hydrogen-bond acceptors (Lipinski definition) is 6. The third-order valence-electron chi connectivity index (χ3n) is 9.90. The maximum atomic E-state index is 12.7. The van der Waals surface area contributed by atoms with Gasteiger partial charge in [0.15, 0.2) is 6.10 Å². The largest absolute Gasteiger partial charge is 0.462 e. The molecule has 0 spiro atoms. The van der Waals surface area contributed by atoms with Crippen molar-refractivity contribution in [2.45, 2.75) is 240 Å². The third-order valence-corrected chi connectivity index (χ3v) is 9.90. The third kappa shape index (κ3) is 39.5. The van der Waals surface area contributed by atoms with E-state index in [1.165, 1.54) is 116 Å². The first-order valence-corrected chi connectivity index (χ1v) is 22.1. The van der Waals surface area contributed by atoms with E-state index in [9.17, 15) is 14.4 Å². The molecule has 1 atom stereocenters. The minimum atomic E-state index is -0.761. The van der Waals surface area contributed by atoms with Gasteiger partial charge in [-0.2, -0.15) is 0 Å². The van der Waals surface area contributed by atoms with Crippen molar-refractivity contribution >= 4 is 17.9 Å². The second-order valence-electron chi connectivity index (χ2n) is 16.8. The first-order valence-electron chi connectivity index (χ1n) is 22.1. The number of unbranched alkanes of at least 4 members (excludes halogenated alkanes) is 21. The Balaban J connectivity index is 4.35. The Kier molecular flexibility index (Phi) is 35.6. The first kappa shape index (κ1) is 49.4. The highest BCUT2D eigenvalue weighted by molar-refractivity contribution is 5.71. The molecule has 0 unspecified atom stereocenters. The molecule has 0 aliphatic rings. The van der Waals surface area contributed by atoms with Gasteiger partial charge in [0.1, 0.15) is 13.2 Å². The summed E-state index contributed by atoms with van der Waals surface area (Å²) in [5.41, 5.74) is 0. The van der Waals surface area contributed by atoms with Crippen LogP contribution in [-0.4, -0.2) is 37.2 Å². The highest BCUT2D eigenvalue weighted by Gasteiger charge is 2.19. The SMILES string of the molecule is CC(C)CCCCCCCCCCCC(=O)OC[C@@H](COC(=O)CCCCCCCCCC(C)C)OC(=O)CCCCCCCCCCC(C)C. The van der Waals surface area contributed by atoms with Crippen molar-refractivity contribution in [2.75, 3.05) is 13.2 Å². The number of carbonyl (C=O) groups excluding carboxylic acids is 3. The maximum absolute atomic E-state index is 12.7. The standard InChI is InChI=1S/C45H86O6/c1-39(2)31-25-19-13-8-7-9-16-22-28-34-43(46)49-37-42(38-50-44(47)35-29-23-18-12-15-21-27-33-41(5)6)51-45(48)36-30-24-17-11-10-14-20-26-32-40(3)4/h39-42H,7-38H2,1-6H3/t42-/m0/s1. The van der Waals surface area contributed by atoms with Crippen LogP contribution in [0.2, 0.25) is 0 Å². The van der Waals surface area contributed by atoms with Crippen LogP contribution in [0.25, 0.3) is 0 Å². The zero-order chi connectivity index (χ0) is 37.8. The van der Waals surface area contributed by atoms with Gasteiger partial charge in [0, 0.05) is 19.3 Å². The van der Waals surface area contributed by atoms with Crippen LogP contribution in [0, 0.1) is 17.8 Å². The van der Waals surface area contributed by atoms with E-state index in [4.69, 9.17) is 14.2 Å². The fourth-order valence-corrected chi connectivity index (χ4v) is 6.52. The van der Waals surface area contributed by atoms with Crippen molar-refractivity contribution in [2.24, 2.45) is 17.8 Å². The fraction of sp³-hybridized carbons (Fsp3) is 0.933. The van der Waals surface area contributed by atoms with Gasteiger partial charge in [-0.05, 0) is 37.0 Å². The summed E-state index contributed by atoms with van der Waals surface area (Å²) in [7, 11) is 0. The minimum absolute atomic E-state index is 0.0672. The second kappa shape index (κ2) is 36.8. The fourth-order valence-electron chi connectivity index (χ4n) is 6.52. The number of esters is 3. The molecule has 0 bridgehead atoms. The van der Waals surface area contributed by atoms with Crippen molar-refractivity contribution in [1.82, 2.24) is 0 Å². The minimum Gasteiger partial charge on any atom is -0.462 e. The van der Waals surface area contributed by atoms with Crippen molar-refractivity contribution in [1.29, 1.82) is 0 Å². The van der Waals surface area contributed by atoms with E-state index in [1.807, 2.05) is 0 Å². The van der Waals surface area contributed by atoms with Gasteiger partial charge in [0.05, 0.1) is 0 Å². The van der Waals surface area contributed by atoms with Crippen LogP contribution in [0.3, 0.4) is 0 Å². The molecular weight excluding hydrogens is 636 g/mol. The molecule has 302 valence electrons. The van der Waals surface area contributed by atoms with Crippen LogP contribution in [0.5, 0.6) is 0 Å². The summed E-state index contributed by atoms with van der Waals surface area (Å²) in [6.45, 7) is 13.6. The molecule has 51 heavy (non-hydrogen) atoms. The van der Waals surface area contributed by atoms with Gasteiger partial charge in [-0.3, -0.25) is 14.4 Å². The lowest BCUT2D eigenvalue weighted by molar-refractivity contribution is -0.167. The van der Waals surface area contributed by atoms with Crippen LogP contribution < -0.4 is 0 Å². The second-order valence-corrected chi connectivity index (χ2v) is 16.8. The van der Waals surface area contributed by atoms with Gasteiger partial charge in [-0.1, -0.05) is 196 Å². The Morgan fingerprint density at radius 1 is 0.333 bits per heavy atom. The molecule has 0 aliphatic heterocycles. The van der Waals surface area contributed by atoms with Crippen molar-refractivity contribution in [3.63, 3.8) is 0 Å². The number of hydrogen-bond donors (Lipinski definition) is 0. The van der Waals surface area contributed by atoms with E-state index in [-0.39, 0.29) is 31.1 Å². The first-order chi connectivity index (χ1) is 24.6. The van der Waals surface area contributed by atoms with Crippen molar-refractivity contribution in [3.8, 4) is 0 Å². The summed E-state index contributed by atoms with van der Waals surface area (Å²) in [5, 5.41) is 0. The summed E-state index contributed by atoms with van der Waals surface area (Å²) in [6.07, 6.45) is 32.5. The summed E-state index contributed by atoms with van der Waals surface area (Å²) >= 11 is 0. The molecule has 0 amide bonds. The Bertz CT molecular complexity index is 792. The summed E-state index contributed by atoms with van der Waals surface area (Å²) in [6, 6.07) is 0. The molecule has 0 aromatic rings. The van der Waals surface area contributed by atoms with E-state index in [0.717, 1.165) is 75.5 Å². The Morgan fingerprint density at radius 3 is 0.843 bits per heavy atom. The zero-order valence-electron chi connectivity index (χ0n) is 34.9. The van der Waals surface area contributed by atoms with Gasteiger partial charge in [-0.15, -0.1) is 0 Å². The number of carbonyl (C=O) groups is 3. The number of rotatable bonds is 38. The lowest BCUT2D eigenvalue weighted by Crippen LogP contribution is -2.30. The predicted octanol–water partition coefficient (Wildman–Crippen LogP) is 13.7. The molecule has 6 heteroatoms. The van der Waals surface area contributed by atoms with E-state index >= 15 is 0 Å². The van der Waals surface area contributed by atoms with Crippen molar-refractivity contribution in [3.05, 3.63) is 0 Å². The highest BCUT2D eigenvalue weighted by Crippen LogP contribution is 2.16. The zero-order valence-corrected chi connectivity index (χ0v) is 34.9. The smallest absolute Gasteiger partial charge is 0.306 e. The van der Waals surface area contributed by atoms with Crippen molar-refractivity contribution < 1.29 is 28.6 Å². The van der Waals surface area contributed by atoms with Gasteiger partial charge < -0.3 is 14.2 Å². The molecule has 0 radical (unpaired) electrons. The van der Waals surface area contributed by atoms with Gasteiger partial charge in [0.25, 0.3) is 0 Å². The Labute approximate surface area is 317 Å². The molecule has 0 aromatic heterocycles. The summed E-state index contributed by atoms with van der Waals surface area (Å²) < 4.78 is 16.7. The normalized spacial score (nSPS) is 12.2. The highest BCUT2D eigenvalue weighted by atomic mass is 16.6. The Hall–Kier alpha value is -1.59. The lowest BCUT2D eigenvalue weighted by atomic mass is 10.0. The molecule has 0 fully saturated rings. The van der Waals surface area contributed by atoms with E-state index in [0.29, 0.717) is 19.3 Å². The average molecular weight is 723 g/mol. The molecule has 0 aromatic carbocycles. The molecule has 0 N–H and O–H groups in total.